The molecule has 0 atom stereocenters. The maximum Gasteiger partial charge on any atom is 0.0942 e. The molecule has 0 radical (unpaired) electrons. The Morgan fingerprint density at radius 1 is 1.15 bits per heavy atom. The zero-order chi connectivity index (χ0) is 10.1. The lowest BCUT2D eigenvalue weighted by molar-refractivity contribution is 0.327. The molecule has 0 bridgehead atoms. The number of unbranched alkanes of at least 4 members (excludes halogenated alkanes) is 2. The van der Waals surface area contributed by atoms with Crippen molar-refractivity contribution in [2.24, 2.45) is 5.73 Å². The molecule has 0 aromatic rings. The predicted molar refractivity (Wildman–Crippen MR) is 59.3 cm³/mol. The third-order valence-corrected chi connectivity index (χ3v) is 2.22. The van der Waals surface area contributed by atoms with Gasteiger partial charge in [-0.2, -0.15) is 0 Å². The quantitative estimate of drug-likeness (QED) is 0.659. The molecule has 0 aliphatic rings. The summed E-state index contributed by atoms with van der Waals surface area (Å²) in [5.74, 6) is 0.932. The van der Waals surface area contributed by atoms with Crippen LogP contribution < -0.4 is 5.73 Å². The molecule has 2 heteroatoms. The Balaban J connectivity index is 3.87. The minimum absolute atomic E-state index is 0.932. The van der Waals surface area contributed by atoms with E-state index in [2.05, 4.69) is 18.7 Å². The van der Waals surface area contributed by atoms with Crippen molar-refractivity contribution in [2.45, 2.75) is 46.5 Å². The number of allylic oxidation sites excluding steroid dienone is 1. The van der Waals surface area contributed by atoms with E-state index in [0.717, 1.165) is 18.9 Å². The lowest BCUT2D eigenvalue weighted by Gasteiger charge is -2.24. The fourth-order valence-corrected chi connectivity index (χ4v) is 1.25. The second-order valence-electron chi connectivity index (χ2n) is 3.41. The van der Waals surface area contributed by atoms with Crippen molar-refractivity contribution in [3.63, 3.8) is 0 Å². The highest BCUT2D eigenvalue weighted by molar-refractivity contribution is 4.93. The molecule has 0 aromatic heterocycles. The number of hydrogen-bond acceptors (Lipinski definition) is 2. The van der Waals surface area contributed by atoms with Gasteiger partial charge in [0, 0.05) is 13.1 Å². The van der Waals surface area contributed by atoms with Gasteiger partial charge in [-0.3, -0.25) is 0 Å². The monoisotopic (exact) mass is 184 g/mol. The average molecular weight is 184 g/mol. The van der Waals surface area contributed by atoms with Crippen molar-refractivity contribution in [1.29, 1.82) is 0 Å². The van der Waals surface area contributed by atoms with Crippen LogP contribution in [0.4, 0.5) is 0 Å². The van der Waals surface area contributed by atoms with Crippen molar-refractivity contribution in [3.05, 3.63) is 11.9 Å². The average Bonchev–Trinajstić information content (AvgIpc) is 2.17. The molecule has 0 amide bonds. The van der Waals surface area contributed by atoms with Crippen LogP contribution in [0.5, 0.6) is 0 Å². The first-order valence-electron chi connectivity index (χ1n) is 5.42. The highest BCUT2D eigenvalue weighted by Crippen LogP contribution is 2.03. The molecule has 0 aromatic carbocycles. The summed E-state index contributed by atoms with van der Waals surface area (Å²) in [6.07, 6.45) is 6.93. The van der Waals surface area contributed by atoms with Gasteiger partial charge in [-0.1, -0.05) is 26.7 Å². The van der Waals surface area contributed by atoms with Gasteiger partial charge >= 0.3 is 0 Å². The maximum absolute atomic E-state index is 5.89. The number of nitrogens with zero attached hydrogens (tertiary/aromatic N) is 1. The second kappa shape index (κ2) is 7.96. The van der Waals surface area contributed by atoms with Gasteiger partial charge in [0.2, 0.25) is 0 Å². The Kier molecular flexibility index (Phi) is 7.56. The standard InChI is InChI=1S/C11H24N2/c1-4-7-9-13(10-8-5-2)11(12)6-3/h6H,4-5,7-10,12H2,1-3H3. The Bertz CT molecular complexity index is 133. The van der Waals surface area contributed by atoms with Crippen LogP contribution in [-0.4, -0.2) is 18.0 Å². The van der Waals surface area contributed by atoms with Crippen LogP contribution in [0.3, 0.4) is 0 Å². The fourth-order valence-electron chi connectivity index (χ4n) is 1.25. The maximum atomic E-state index is 5.89. The molecule has 0 fully saturated rings. The first kappa shape index (κ1) is 12.3. The Morgan fingerprint density at radius 2 is 1.62 bits per heavy atom. The van der Waals surface area contributed by atoms with E-state index in [0.29, 0.717) is 0 Å². The van der Waals surface area contributed by atoms with Crippen molar-refractivity contribution in [2.75, 3.05) is 13.1 Å². The molecule has 0 saturated heterocycles. The molecule has 0 spiro atoms. The van der Waals surface area contributed by atoms with E-state index in [-0.39, 0.29) is 0 Å². The molecule has 0 aliphatic heterocycles. The summed E-state index contributed by atoms with van der Waals surface area (Å²) in [6.45, 7) is 8.63. The molecule has 78 valence electrons. The fraction of sp³-hybridized carbons (Fsp3) is 0.818. The molecule has 13 heavy (non-hydrogen) atoms. The topological polar surface area (TPSA) is 29.3 Å². The molecule has 0 heterocycles. The van der Waals surface area contributed by atoms with E-state index in [1.54, 1.807) is 0 Å². The van der Waals surface area contributed by atoms with Crippen molar-refractivity contribution in [3.8, 4) is 0 Å². The summed E-state index contributed by atoms with van der Waals surface area (Å²) in [6, 6.07) is 0. The first-order valence-corrected chi connectivity index (χ1v) is 5.42. The molecule has 2 N–H and O–H groups in total. The van der Waals surface area contributed by atoms with Crippen LogP contribution in [-0.2, 0) is 0 Å². The summed E-state index contributed by atoms with van der Waals surface area (Å²) in [7, 11) is 0. The van der Waals surface area contributed by atoms with Gasteiger partial charge in [0.25, 0.3) is 0 Å². The summed E-state index contributed by atoms with van der Waals surface area (Å²) >= 11 is 0. The van der Waals surface area contributed by atoms with Gasteiger partial charge in [-0.05, 0) is 25.8 Å². The number of rotatable bonds is 7. The minimum Gasteiger partial charge on any atom is -0.386 e. The van der Waals surface area contributed by atoms with Crippen LogP contribution >= 0.6 is 0 Å². The van der Waals surface area contributed by atoms with Crippen LogP contribution in [0.2, 0.25) is 0 Å². The SMILES string of the molecule is CC=C(N)N(CCCC)CCCC. The highest BCUT2D eigenvalue weighted by Gasteiger charge is 2.03. The van der Waals surface area contributed by atoms with Gasteiger partial charge in [-0.15, -0.1) is 0 Å². The van der Waals surface area contributed by atoms with E-state index in [4.69, 9.17) is 5.73 Å². The molecule has 0 aliphatic carbocycles. The molecule has 0 rings (SSSR count). The summed E-state index contributed by atoms with van der Waals surface area (Å²) in [4.78, 5) is 2.28. The van der Waals surface area contributed by atoms with E-state index in [1.807, 2.05) is 13.0 Å². The van der Waals surface area contributed by atoms with E-state index >= 15 is 0 Å². The largest absolute Gasteiger partial charge is 0.386 e. The summed E-state index contributed by atoms with van der Waals surface area (Å²) in [5, 5.41) is 0. The Morgan fingerprint density at radius 3 is 1.92 bits per heavy atom. The van der Waals surface area contributed by atoms with Crippen molar-refractivity contribution >= 4 is 0 Å². The van der Waals surface area contributed by atoms with Gasteiger partial charge in [0.1, 0.15) is 0 Å². The first-order chi connectivity index (χ1) is 6.26. The normalized spacial score (nSPS) is 11.8. The molecule has 0 unspecified atom stereocenters. The van der Waals surface area contributed by atoms with Crippen LogP contribution in [0, 0.1) is 0 Å². The zero-order valence-corrected chi connectivity index (χ0v) is 9.34. The summed E-state index contributed by atoms with van der Waals surface area (Å²) in [5.41, 5.74) is 5.89. The highest BCUT2D eigenvalue weighted by atomic mass is 15.2. The molecular formula is C11H24N2. The third-order valence-electron chi connectivity index (χ3n) is 2.22. The lowest BCUT2D eigenvalue weighted by Crippen LogP contribution is -2.29. The second-order valence-corrected chi connectivity index (χ2v) is 3.41. The van der Waals surface area contributed by atoms with Crippen LogP contribution in [0.25, 0.3) is 0 Å². The number of nitrogens with two attached hydrogens (primary N) is 1. The predicted octanol–water partition coefficient (Wildman–Crippen LogP) is 2.71. The smallest absolute Gasteiger partial charge is 0.0942 e. The minimum atomic E-state index is 0.932. The third kappa shape index (κ3) is 5.56. The van der Waals surface area contributed by atoms with Gasteiger partial charge in [0.15, 0.2) is 0 Å². The Hall–Kier alpha value is -0.660. The van der Waals surface area contributed by atoms with Gasteiger partial charge in [-0.25, -0.2) is 0 Å². The van der Waals surface area contributed by atoms with Gasteiger partial charge in [0.05, 0.1) is 5.82 Å². The molecule has 2 nitrogen and oxygen atoms in total. The molecule has 0 saturated carbocycles. The van der Waals surface area contributed by atoms with E-state index in [1.165, 1.54) is 25.7 Å². The van der Waals surface area contributed by atoms with E-state index in [9.17, 15) is 0 Å². The number of hydrogen-bond donors (Lipinski definition) is 1. The van der Waals surface area contributed by atoms with E-state index < -0.39 is 0 Å². The zero-order valence-electron chi connectivity index (χ0n) is 9.34. The van der Waals surface area contributed by atoms with Crippen LogP contribution in [0.15, 0.2) is 11.9 Å². The lowest BCUT2D eigenvalue weighted by atomic mass is 10.2. The van der Waals surface area contributed by atoms with Crippen LogP contribution in [0.1, 0.15) is 46.5 Å². The molecular weight excluding hydrogens is 160 g/mol. The Labute approximate surface area is 82.8 Å². The van der Waals surface area contributed by atoms with Gasteiger partial charge < -0.3 is 10.6 Å². The summed E-state index contributed by atoms with van der Waals surface area (Å²) < 4.78 is 0. The van der Waals surface area contributed by atoms with Crippen molar-refractivity contribution in [1.82, 2.24) is 4.90 Å². The van der Waals surface area contributed by atoms with Crippen molar-refractivity contribution < 1.29 is 0 Å².